The summed E-state index contributed by atoms with van der Waals surface area (Å²) >= 11 is 0. The van der Waals surface area contributed by atoms with Gasteiger partial charge in [-0.25, -0.2) is 4.79 Å². The number of nitrogens with one attached hydrogen (secondary N) is 1. The molecule has 0 aromatic heterocycles. The first-order valence-electron chi connectivity index (χ1n) is 6.32. The molecule has 0 atom stereocenters. The number of nitrogens with zero attached hydrogens (tertiary/aromatic N) is 1. The minimum atomic E-state index is 0.0424. The van der Waals surface area contributed by atoms with Crippen molar-refractivity contribution in [3.8, 4) is 0 Å². The van der Waals surface area contributed by atoms with Gasteiger partial charge in [0.15, 0.2) is 0 Å². The highest BCUT2D eigenvalue weighted by atomic mass is 16.2. The molecule has 17 heavy (non-hydrogen) atoms. The van der Waals surface area contributed by atoms with E-state index in [0.29, 0.717) is 12.6 Å². The molecule has 2 amide bonds. The van der Waals surface area contributed by atoms with Crippen LogP contribution in [0.4, 0.5) is 4.79 Å². The lowest BCUT2D eigenvalue weighted by Crippen LogP contribution is -2.42. The molecule has 3 nitrogen and oxygen atoms in total. The molecule has 3 heteroatoms. The Bertz CT molecular complexity index is 358. The predicted molar refractivity (Wildman–Crippen MR) is 68.7 cm³/mol. The fourth-order valence-electron chi connectivity index (χ4n) is 2.36. The van der Waals surface area contributed by atoms with Crippen LogP contribution in [-0.2, 0) is 6.54 Å². The van der Waals surface area contributed by atoms with Gasteiger partial charge in [-0.15, -0.1) is 0 Å². The second kappa shape index (κ2) is 5.71. The van der Waals surface area contributed by atoms with Gasteiger partial charge in [-0.2, -0.15) is 0 Å². The van der Waals surface area contributed by atoms with Crippen molar-refractivity contribution in [1.29, 1.82) is 0 Å². The Labute approximate surface area is 103 Å². The minimum absolute atomic E-state index is 0.0424. The number of benzene rings is 1. The number of hydrogen-bond donors (Lipinski definition) is 1. The highest BCUT2D eigenvalue weighted by Gasteiger charge is 2.22. The van der Waals surface area contributed by atoms with E-state index in [9.17, 15) is 4.79 Å². The van der Waals surface area contributed by atoms with Crippen molar-refractivity contribution >= 4 is 6.03 Å². The van der Waals surface area contributed by atoms with Crippen molar-refractivity contribution in [3.63, 3.8) is 0 Å². The Morgan fingerprint density at radius 2 is 1.94 bits per heavy atom. The van der Waals surface area contributed by atoms with Gasteiger partial charge in [-0.1, -0.05) is 43.2 Å². The number of amides is 2. The van der Waals surface area contributed by atoms with Crippen molar-refractivity contribution in [3.05, 3.63) is 35.9 Å². The van der Waals surface area contributed by atoms with Gasteiger partial charge < -0.3 is 10.2 Å². The summed E-state index contributed by atoms with van der Waals surface area (Å²) < 4.78 is 0. The molecule has 0 heterocycles. The topological polar surface area (TPSA) is 32.3 Å². The van der Waals surface area contributed by atoms with E-state index in [0.717, 1.165) is 18.4 Å². The van der Waals surface area contributed by atoms with Crippen molar-refractivity contribution in [2.45, 2.75) is 38.3 Å². The predicted octanol–water partition coefficient (Wildman–Crippen LogP) is 2.77. The van der Waals surface area contributed by atoms with E-state index in [1.807, 2.05) is 42.3 Å². The third kappa shape index (κ3) is 3.22. The van der Waals surface area contributed by atoms with Crippen LogP contribution < -0.4 is 5.32 Å². The molecule has 0 bridgehead atoms. The van der Waals surface area contributed by atoms with Crippen LogP contribution in [0, 0.1) is 0 Å². The van der Waals surface area contributed by atoms with Crippen LogP contribution in [0.3, 0.4) is 0 Å². The quantitative estimate of drug-likeness (QED) is 0.854. The average Bonchev–Trinajstić information content (AvgIpc) is 2.90. The lowest BCUT2D eigenvalue weighted by Gasteiger charge is -2.24. The number of carbonyl (C=O) groups excluding carboxylic acids is 1. The molecule has 2 rings (SSSR count). The summed E-state index contributed by atoms with van der Waals surface area (Å²) in [5.74, 6) is 0. The first kappa shape index (κ1) is 12.0. The standard InChI is InChI=1S/C14H20N2O/c1-16(13-9-5-6-10-13)14(17)15-11-12-7-3-2-4-8-12/h2-4,7-8,13H,5-6,9-11H2,1H3,(H,15,17). The van der Waals surface area contributed by atoms with Gasteiger partial charge >= 0.3 is 6.03 Å². The Morgan fingerprint density at radius 3 is 2.59 bits per heavy atom. The molecular formula is C14H20N2O. The average molecular weight is 232 g/mol. The maximum Gasteiger partial charge on any atom is 0.317 e. The number of rotatable bonds is 3. The van der Waals surface area contributed by atoms with E-state index >= 15 is 0 Å². The Kier molecular flexibility index (Phi) is 4.02. The highest BCUT2D eigenvalue weighted by Crippen LogP contribution is 2.22. The minimum Gasteiger partial charge on any atom is -0.334 e. The SMILES string of the molecule is CN(C(=O)NCc1ccccc1)C1CCCC1. The molecule has 1 aliphatic carbocycles. The molecule has 1 aromatic rings. The molecule has 1 fully saturated rings. The van der Waals surface area contributed by atoms with Crippen LogP contribution in [0.5, 0.6) is 0 Å². The lowest BCUT2D eigenvalue weighted by atomic mass is 10.2. The molecule has 0 saturated heterocycles. The summed E-state index contributed by atoms with van der Waals surface area (Å²) in [5.41, 5.74) is 1.14. The monoisotopic (exact) mass is 232 g/mol. The Hall–Kier alpha value is -1.51. The number of hydrogen-bond acceptors (Lipinski definition) is 1. The van der Waals surface area contributed by atoms with Crippen LogP contribution in [0.1, 0.15) is 31.2 Å². The van der Waals surface area contributed by atoms with E-state index in [2.05, 4.69) is 5.32 Å². The third-order valence-electron chi connectivity index (χ3n) is 3.48. The van der Waals surface area contributed by atoms with Gasteiger partial charge in [0.1, 0.15) is 0 Å². The summed E-state index contributed by atoms with van der Waals surface area (Å²) in [6, 6.07) is 10.5. The first-order valence-corrected chi connectivity index (χ1v) is 6.32. The molecule has 92 valence electrons. The summed E-state index contributed by atoms with van der Waals surface area (Å²) in [6.45, 7) is 0.608. The van der Waals surface area contributed by atoms with E-state index in [-0.39, 0.29) is 6.03 Å². The second-order valence-electron chi connectivity index (χ2n) is 4.69. The van der Waals surface area contributed by atoms with Crippen molar-refractivity contribution < 1.29 is 4.79 Å². The maximum absolute atomic E-state index is 11.9. The summed E-state index contributed by atoms with van der Waals surface area (Å²) in [4.78, 5) is 13.8. The van der Waals surface area contributed by atoms with Gasteiger partial charge in [0.25, 0.3) is 0 Å². The number of carbonyl (C=O) groups is 1. The second-order valence-corrected chi connectivity index (χ2v) is 4.69. The van der Waals surface area contributed by atoms with E-state index in [4.69, 9.17) is 0 Å². The molecule has 0 unspecified atom stereocenters. The van der Waals surface area contributed by atoms with Crippen molar-refractivity contribution in [1.82, 2.24) is 10.2 Å². The normalized spacial score (nSPS) is 15.8. The fourth-order valence-corrected chi connectivity index (χ4v) is 2.36. The molecule has 1 aromatic carbocycles. The van der Waals surface area contributed by atoms with Gasteiger partial charge in [-0.05, 0) is 18.4 Å². The van der Waals surface area contributed by atoms with Gasteiger partial charge in [0, 0.05) is 19.6 Å². The zero-order valence-corrected chi connectivity index (χ0v) is 10.4. The van der Waals surface area contributed by atoms with Crippen molar-refractivity contribution in [2.75, 3.05) is 7.05 Å². The zero-order chi connectivity index (χ0) is 12.1. The lowest BCUT2D eigenvalue weighted by molar-refractivity contribution is 0.190. The third-order valence-corrected chi connectivity index (χ3v) is 3.48. The molecule has 1 aliphatic rings. The summed E-state index contributed by atoms with van der Waals surface area (Å²) in [5, 5.41) is 2.96. The first-order chi connectivity index (χ1) is 8.27. The zero-order valence-electron chi connectivity index (χ0n) is 10.4. The highest BCUT2D eigenvalue weighted by molar-refractivity contribution is 5.74. The smallest absolute Gasteiger partial charge is 0.317 e. The van der Waals surface area contributed by atoms with Crippen molar-refractivity contribution in [2.24, 2.45) is 0 Å². The van der Waals surface area contributed by atoms with Crippen LogP contribution in [-0.4, -0.2) is 24.0 Å². The van der Waals surface area contributed by atoms with E-state index < -0.39 is 0 Å². The maximum atomic E-state index is 11.9. The molecule has 1 saturated carbocycles. The largest absolute Gasteiger partial charge is 0.334 e. The summed E-state index contributed by atoms with van der Waals surface area (Å²) in [7, 11) is 1.90. The molecular weight excluding hydrogens is 212 g/mol. The molecule has 1 N–H and O–H groups in total. The van der Waals surface area contributed by atoms with Crippen LogP contribution in [0.2, 0.25) is 0 Å². The number of urea groups is 1. The van der Waals surface area contributed by atoms with Crippen LogP contribution in [0.25, 0.3) is 0 Å². The van der Waals surface area contributed by atoms with Gasteiger partial charge in [0.05, 0.1) is 0 Å². The van der Waals surface area contributed by atoms with Gasteiger partial charge in [0.2, 0.25) is 0 Å². The molecule has 0 spiro atoms. The summed E-state index contributed by atoms with van der Waals surface area (Å²) in [6.07, 6.45) is 4.80. The van der Waals surface area contributed by atoms with Gasteiger partial charge in [-0.3, -0.25) is 0 Å². The van der Waals surface area contributed by atoms with Crippen LogP contribution >= 0.6 is 0 Å². The van der Waals surface area contributed by atoms with Crippen LogP contribution in [0.15, 0.2) is 30.3 Å². The molecule has 0 radical (unpaired) electrons. The fraction of sp³-hybridized carbons (Fsp3) is 0.500. The van der Waals surface area contributed by atoms with E-state index in [1.54, 1.807) is 0 Å². The Morgan fingerprint density at radius 1 is 1.29 bits per heavy atom. The van der Waals surface area contributed by atoms with E-state index in [1.165, 1.54) is 12.8 Å². The Balaban J connectivity index is 1.80. The molecule has 0 aliphatic heterocycles.